The molecule has 0 spiro atoms. The third kappa shape index (κ3) is 4.31. The van der Waals surface area contributed by atoms with Crippen molar-refractivity contribution in [2.24, 2.45) is 0 Å². The molecule has 0 N–H and O–H groups in total. The van der Waals surface area contributed by atoms with Gasteiger partial charge in [-0.15, -0.1) is 0 Å². The summed E-state index contributed by atoms with van der Waals surface area (Å²) in [5.41, 5.74) is 0.492. The molecule has 0 aliphatic heterocycles. The standard InChI is InChI=1S/C12H8F2N2O/c13-12(14)8-17-11-3-1-2-9(5-11)4-10(6-15)7-16/h1-5,12H,8H2. The zero-order valence-corrected chi connectivity index (χ0v) is 8.73. The van der Waals surface area contributed by atoms with Crippen molar-refractivity contribution in [3.8, 4) is 17.9 Å². The molecule has 0 saturated carbocycles. The van der Waals surface area contributed by atoms with Crippen LogP contribution in [0.2, 0.25) is 0 Å². The summed E-state index contributed by atoms with van der Waals surface area (Å²) < 4.78 is 28.6. The van der Waals surface area contributed by atoms with Gasteiger partial charge in [0, 0.05) is 0 Å². The molecule has 0 aliphatic carbocycles. The van der Waals surface area contributed by atoms with Crippen molar-refractivity contribution in [2.75, 3.05) is 6.61 Å². The summed E-state index contributed by atoms with van der Waals surface area (Å²) in [6, 6.07) is 9.67. The van der Waals surface area contributed by atoms with E-state index in [4.69, 9.17) is 15.3 Å². The summed E-state index contributed by atoms with van der Waals surface area (Å²) in [6.45, 7) is -0.684. The quantitative estimate of drug-likeness (QED) is 0.752. The third-order valence-corrected chi connectivity index (χ3v) is 1.79. The maximum Gasteiger partial charge on any atom is 0.272 e. The van der Waals surface area contributed by atoms with Crippen LogP contribution in [0.15, 0.2) is 29.8 Å². The molecule has 0 bridgehead atoms. The summed E-state index contributed by atoms with van der Waals surface area (Å²) >= 11 is 0. The zero-order chi connectivity index (χ0) is 12.7. The van der Waals surface area contributed by atoms with Crippen LogP contribution in [-0.2, 0) is 0 Å². The second kappa shape index (κ2) is 6.24. The SMILES string of the molecule is N#CC(C#N)=Cc1cccc(OCC(F)F)c1. The van der Waals surface area contributed by atoms with Crippen molar-refractivity contribution in [1.29, 1.82) is 10.5 Å². The van der Waals surface area contributed by atoms with Gasteiger partial charge in [-0.1, -0.05) is 12.1 Å². The van der Waals surface area contributed by atoms with Gasteiger partial charge in [-0.2, -0.15) is 10.5 Å². The van der Waals surface area contributed by atoms with Crippen LogP contribution < -0.4 is 4.74 Å². The molecule has 0 atom stereocenters. The average Bonchev–Trinajstić information content (AvgIpc) is 2.34. The van der Waals surface area contributed by atoms with Crippen LogP contribution in [-0.4, -0.2) is 13.0 Å². The van der Waals surface area contributed by atoms with Crippen LogP contribution in [0, 0.1) is 22.7 Å². The Hall–Kier alpha value is -2.40. The fourth-order valence-electron chi connectivity index (χ4n) is 1.11. The monoisotopic (exact) mass is 234 g/mol. The summed E-state index contributed by atoms with van der Waals surface area (Å²) in [6.07, 6.45) is -1.18. The van der Waals surface area contributed by atoms with Crippen LogP contribution in [0.25, 0.3) is 6.08 Å². The first-order chi connectivity index (χ1) is 8.15. The Labute approximate surface area is 97.2 Å². The maximum absolute atomic E-state index is 11.9. The van der Waals surface area contributed by atoms with Gasteiger partial charge in [0.05, 0.1) is 0 Å². The van der Waals surface area contributed by atoms with Gasteiger partial charge in [0.2, 0.25) is 0 Å². The van der Waals surface area contributed by atoms with E-state index in [1.807, 2.05) is 0 Å². The number of nitrogens with zero attached hydrogens (tertiary/aromatic N) is 2. The maximum atomic E-state index is 11.9. The molecule has 1 aromatic carbocycles. The third-order valence-electron chi connectivity index (χ3n) is 1.79. The fourth-order valence-corrected chi connectivity index (χ4v) is 1.11. The zero-order valence-electron chi connectivity index (χ0n) is 8.73. The Morgan fingerprint density at radius 3 is 2.65 bits per heavy atom. The predicted octanol–water partition coefficient (Wildman–Crippen LogP) is 2.76. The minimum absolute atomic E-state index is 0.0593. The van der Waals surface area contributed by atoms with E-state index in [9.17, 15) is 8.78 Å². The number of hydrogen-bond acceptors (Lipinski definition) is 3. The van der Waals surface area contributed by atoms with E-state index in [2.05, 4.69) is 0 Å². The highest BCUT2D eigenvalue weighted by Gasteiger charge is 2.03. The first-order valence-electron chi connectivity index (χ1n) is 4.68. The number of allylic oxidation sites excluding steroid dienone is 1. The van der Waals surface area contributed by atoms with Gasteiger partial charge in [0.15, 0.2) is 0 Å². The minimum Gasteiger partial charge on any atom is -0.488 e. The molecule has 17 heavy (non-hydrogen) atoms. The molecule has 0 unspecified atom stereocenters. The van der Waals surface area contributed by atoms with Crippen LogP contribution in [0.1, 0.15) is 5.56 Å². The Kier molecular flexibility index (Phi) is 4.65. The van der Waals surface area contributed by atoms with Crippen LogP contribution in [0.3, 0.4) is 0 Å². The molecule has 0 amide bonds. The predicted molar refractivity (Wildman–Crippen MR) is 57.1 cm³/mol. The highest BCUT2D eigenvalue weighted by molar-refractivity contribution is 5.62. The lowest BCUT2D eigenvalue weighted by molar-refractivity contribution is 0.0819. The van der Waals surface area contributed by atoms with Gasteiger partial charge < -0.3 is 4.74 Å². The van der Waals surface area contributed by atoms with E-state index in [1.54, 1.807) is 24.3 Å². The number of rotatable bonds is 4. The number of halogens is 2. The summed E-state index contributed by atoms with van der Waals surface area (Å²) in [7, 11) is 0. The van der Waals surface area contributed by atoms with E-state index in [0.717, 1.165) is 0 Å². The van der Waals surface area contributed by atoms with Crippen molar-refractivity contribution in [1.82, 2.24) is 0 Å². The largest absolute Gasteiger partial charge is 0.488 e. The van der Waals surface area contributed by atoms with Crippen LogP contribution in [0.4, 0.5) is 8.78 Å². The van der Waals surface area contributed by atoms with Gasteiger partial charge in [-0.05, 0) is 23.8 Å². The normalized spacial score (nSPS) is 9.24. The molecule has 0 fully saturated rings. The molecule has 0 saturated heterocycles. The van der Waals surface area contributed by atoms with Crippen LogP contribution >= 0.6 is 0 Å². The summed E-state index contributed by atoms with van der Waals surface area (Å²) in [4.78, 5) is 0. The topological polar surface area (TPSA) is 56.8 Å². The number of hydrogen-bond donors (Lipinski definition) is 0. The Bertz CT molecular complexity index is 482. The molecule has 0 heterocycles. The second-order valence-electron chi connectivity index (χ2n) is 3.06. The number of ether oxygens (including phenoxy) is 1. The van der Waals surface area contributed by atoms with Gasteiger partial charge >= 0.3 is 0 Å². The van der Waals surface area contributed by atoms with E-state index in [-0.39, 0.29) is 11.3 Å². The highest BCUT2D eigenvalue weighted by atomic mass is 19.3. The molecule has 5 heteroatoms. The van der Waals surface area contributed by atoms with Gasteiger partial charge in [0.1, 0.15) is 30.1 Å². The van der Waals surface area contributed by atoms with Gasteiger partial charge in [0.25, 0.3) is 6.43 Å². The Balaban J connectivity index is 2.84. The van der Waals surface area contributed by atoms with Gasteiger partial charge in [-0.3, -0.25) is 0 Å². The van der Waals surface area contributed by atoms with E-state index in [0.29, 0.717) is 5.56 Å². The second-order valence-corrected chi connectivity index (χ2v) is 3.06. The van der Waals surface area contributed by atoms with Crippen molar-refractivity contribution in [3.63, 3.8) is 0 Å². The minimum atomic E-state index is -2.54. The van der Waals surface area contributed by atoms with Crippen molar-refractivity contribution >= 4 is 6.08 Å². The molecule has 86 valence electrons. The Morgan fingerprint density at radius 2 is 2.06 bits per heavy atom. The number of nitriles is 2. The fraction of sp³-hybridized carbons (Fsp3) is 0.167. The number of alkyl halides is 2. The average molecular weight is 234 g/mol. The van der Waals surface area contributed by atoms with Crippen molar-refractivity contribution in [2.45, 2.75) is 6.43 Å². The Morgan fingerprint density at radius 1 is 1.35 bits per heavy atom. The first-order valence-corrected chi connectivity index (χ1v) is 4.68. The lowest BCUT2D eigenvalue weighted by atomic mass is 10.1. The highest BCUT2D eigenvalue weighted by Crippen LogP contribution is 2.16. The molecular weight excluding hydrogens is 226 g/mol. The first kappa shape index (κ1) is 12.7. The lowest BCUT2D eigenvalue weighted by Crippen LogP contribution is -2.06. The molecule has 1 aromatic rings. The van der Waals surface area contributed by atoms with Gasteiger partial charge in [-0.25, -0.2) is 8.78 Å². The molecule has 0 radical (unpaired) electrons. The smallest absolute Gasteiger partial charge is 0.272 e. The van der Waals surface area contributed by atoms with Crippen LogP contribution in [0.5, 0.6) is 5.75 Å². The van der Waals surface area contributed by atoms with Crippen molar-refractivity contribution < 1.29 is 13.5 Å². The molecule has 3 nitrogen and oxygen atoms in total. The molecule has 0 aromatic heterocycles. The molecular formula is C12H8F2N2O. The van der Waals surface area contributed by atoms with E-state index in [1.165, 1.54) is 18.2 Å². The molecule has 1 rings (SSSR count). The van der Waals surface area contributed by atoms with E-state index >= 15 is 0 Å². The van der Waals surface area contributed by atoms with Crippen molar-refractivity contribution in [3.05, 3.63) is 35.4 Å². The lowest BCUT2D eigenvalue weighted by Gasteiger charge is -2.05. The van der Waals surface area contributed by atoms with E-state index < -0.39 is 13.0 Å². The summed E-state index contributed by atoms with van der Waals surface area (Å²) in [5, 5.41) is 17.1. The summed E-state index contributed by atoms with van der Waals surface area (Å²) in [5.74, 6) is 0.272. The molecule has 0 aliphatic rings. The number of benzene rings is 1.